The van der Waals surface area contributed by atoms with Gasteiger partial charge in [0.05, 0.1) is 0 Å². The minimum atomic E-state index is -0.123. The molecule has 0 amide bonds. The summed E-state index contributed by atoms with van der Waals surface area (Å²) < 4.78 is 0. The number of ketones is 1. The van der Waals surface area contributed by atoms with Crippen molar-refractivity contribution < 1.29 is 4.79 Å². The standard InChI is InChI=1S/C10H17NO/c1-10(2)6-5-8(9(10)12)7-11(3)4/h7H,5-6H2,1-4H3/b8-7+. The summed E-state index contributed by atoms with van der Waals surface area (Å²) in [6.07, 6.45) is 3.87. The minimum absolute atomic E-state index is 0.123. The Bertz CT molecular complexity index is 226. The van der Waals surface area contributed by atoms with Gasteiger partial charge < -0.3 is 4.90 Å². The maximum absolute atomic E-state index is 11.7. The van der Waals surface area contributed by atoms with Crippen LogP contribution in [0.2, 0.25) is 0 Å². The highest BCUT2D eigenvalue weighted by atomic mass is 16.1. The van der Waals surface area contributed by atoms with E-state index in [9.17, 15) is 4.79 Å². The van der Waals surface area contributed by atoms with Crippen molar-refractivity contribution in [3.63, 3.8) is 0 Å². The Labute approximate surface area is 74.2 Å². The van der Waals surface area contributed by atoms with Gasteiger partial charge in [-0.05, 0) is 12.8 Å². The zero-order chi connectivity index (χ0) is 9.35. The Kier molecular flexibility index (Phi) is 2.27. The third-order valence-corrected chi connectivity index (χ3v) is 2.34. The van der Waals surface area contributed by atoms with Crippen LogP contribution >= 0.6 is 0 Å². The molecule has 68 valence electrons. The molecule has 1 rings (SSSR count). The summed E-state index contributed by atoms with van der Waals surface area (Å²) in [5.74, 6) is 0.316. The van der Waals surface area contributed by atoms with E-state index in [0.29, 0.717) is 5.78 Å². The second-order valence-electron chi connectivity index (χ2n) is 4.33. The van der Waals surface area contributed by atoms with E-state index >= 15 is 0 Å². The van der Waals surface area contributed by atoms with Crippen LogP contribution in [-0.2, 0) is 4.79 Å². The number of hydrogen-bond acceptors (Lipinski definition) is 2. The summed E-state index contributed by atoms with van der Waals surface area (Å²) in [7, 11) is 3.90. The Hall–Kier alpha value is -0.790. The van der Waals surface area contributed by atoms with E-state index in [1.54, 1.807) is 0 Å². The van der Waals surface area contributed by atoms with Gasteiger partial charge >= 0.3 is 0 Å². The number of rotatable bonds is 1. The van der Waals surface area contributed by atoms with Crippen LogP contribution in [0.1, 0.15) is 26.7 Å². The zero-order valence-electron chi connectivity index (χ0n) is 8.35. The smallest absolute Gasteiger partial charge is 0.165 e. The minimum Gasteiger partial charge on any atom is -0.383 e. The van der Waals surface area contributed by atoms with Crippen LogP contribution < -0.4 is 0 Å². The van der Waals surface area contributed by atoms with Gasteiger partial charge in [-0.2, -0.15) is 0 Å². The first kappa shape index (κ1) is 9.30. The molecule has 2 heteroatoms. The predicted molar refractivity (Wildman–Crippen MR) is 49.8 cm³/mol. The van der Waals surface area contributed by atoms with Crippen LogP contribution in [0.25, 0.3) is 0 Å². The molecule has 1 fully saturated rings. The molecule has 0 radical (unpaired) electrons. The van der Waals surface area contributed by atoms with E-state index < -0.39 is 0 Å². The molecular formula is C10H17NO. The van der Waals surface area contributed by atoms with E-state index in [-0.39, 0.29) is 5.41 Å². The highest BCUT2D eigenvalue weighted by Crippen LogP contribution is 2.36. The second kappa shape index (κ2) is 2.92. The van der Waals surface area contributed by atoms with Crippen molar-refractivity contribution >= 4 is 5.78 Å². The summed E-state index contributed by atoms with van der Waals surface area (Å²) in [5, 5.41) is 0. The number of nitrogens with zero attached hydrogens (tertiary/aromatic N) is 1. The third-order valence-electron chi connectivity index (χ3n) is 2.34. The van der Waals surface area contributed by atoms with E-state index in [4.69, 9.17) is 0 Å². The fourth-order valence-electron chi connectivity index (χ4n) is 1.54. The number of allylic oxidation sites excluding steroid dienone is 1. The molecule has 1 aliphatic carbocycles. The normalized spacial score (nSPS) is 25.0. The Morgan fingerprint density at radius 1 is 1.42 bits per heavy atom. The molecule has 2 nitrogen and oxygen atoms in total. The molecule has 0 spiro atoms. The van der Waals surface area contributed by atoms with Crippen LogP contribution in [0.3, 0.4) is 0 Å². The molecule has 0 N–H and O–H groups in total. The molecule has 12 heavy (non-hydrogen) atoms. The Morgan fingerprint density at radius 2 is 2.00 bits per heavy atom. The first-order chi connectivity index (χ1) is 5.43. The first-order valence-corrected chi connectivity index (χ1v) is 4.35. The zero-order valence-corrected chi connectivity index (χ0v) is 8.35. The van der Waals surface area contributed by atoms with Gasteiger partial charge in [0.25, 0.3) is 0 Å². The Balaban J connectivity index is 2.81. The van der Waals surface area contributed by atoms with Gasteiger partial charge in [-0.1, -0.05) is 13.8 Å². The van der Waals surface area contributed by atoms with Crippen molar-refractivity contribution in [3.05, 3.63) is 11.8 Å². The van der Waals surface area contributed by atoms with Crippen molar-refractivity contribution in [1.82, 2.24) is 4.90 Å². The van der Waals surface area contributed by atoms with Crippen molar-refractivity contribution in [2.75, 3.05) is 14.1 Å². The van der Waals surface area contributed by atoms with Crippen molar-refractivity contribution in [3.8, 4) is 0 Å². The van der Waals surface area contributed by atoms with Crippen LogP contribution in [-0.4, -0.2) is 24.8 Å². The van der Waals surface area contributed by atoms with E-state index in [2.05, 4.69) is 0 Å². The van der Waals surface area contributed by atoms with Crippen LogP contribution in [0.4, 0.5) is 0 Å². The van der Waals surface area contributed by atoms with E-state index in [0.717, 1.165) is 18.4 Å². The quantitative estimate of drug-likeness (QED) is 0.555. The van der Waals surface area contributed by atoms with E-state index in [1.807, 2.05) is 39.0 Å². The number of carbonyl (C=O) groups is 1. The topological polar surface area (TPSA) is 20.3 Å². The highest BCUT2D eigenvalue weighted by Gasteiger charge is 2.36. The molecule has 0 aromatic carbocycles. The van der Waals surface area contributed by atoms with Gasteiger partial charge in [0, 0.05) is 31.3 Å². The number of carbonyl (C=O) groups excluding carboxylic acids is 1. The summed E-state index contributed by atoms with van der Waals surface area (Å²) in [5.41, 5.74) is 0.854. The number of Topliss-reactive ketones (excluding diaryl/α,β-unsaturated/α-hetero) is 1. The molecule has 0 saturated heterocycles. The Morgan fingerprint density at radius 3 is 2.33 bits per heavy atom. The largest absolute Gasteiger partial charge is 0.383 e. The molecule has 1 aliphatic rings. The second-order valence-corrected chi connectivity index (χ2v) is 4.33. The van der Waals surface area contributed by atoms with Crippen molar-refractivity contribution in [2.24, 2.45) is 5.41 Å². The lowest BCUT2D eigenvalue weighted by Gasteiger charge is -2.13. The SMILES string of the molecule is CN(C)/C=C1\CCC(C)(C)C1=O. The molecule has 0 aromatic heterocycles. The van der Waals surface area contributed by atoms with Gasteiger partial charge in [-0.15, -0.1) is 0 Å². The molecule has 0 atom stereocenters. The third kappa shape index (κ3) is 1.68. The van der Waals surface area contributed by atoms with Gasteiger partial charge in [-0.25, -0.2) is 0 Å². The maximum atomic E-state index is 11.7. The summed E-state index contributed by atoms with van der Waals surface area (Å²) in [6.45, 7) is 4.04. The van der Waals surface area contributed by atoms with Gasteiger partial charge in [-0.3, -0.25) is 4.79 Å². The van der Waals surface area contributed by atoms with Crippen molar-refractivity contribution in [2.45, 2.75) is 26.7 Å². The molecular weight excluding hydrogens is 150 g/mol. The predicted octanol–water partition coefficient (Wildman–Crippen LogP) is 1.82. The fourth-order valence-corrected chi connectivity index (χ4v) is 1.54. The fraction of sp³-hybridized carbons (Fsp3) is 0.700. The summed E-state index contributed by atoms with van der Waals surface area (Å²) in [6, 6.07) is 0. The van der Waals surface area contributed by atoms with Gasteiger partial charge in [0.1, 0.15) is 0 Å². The average molecular weight is 167 g/mol. The number of hydrogen-bond donors (Lipinski definition) is 0. The molecule has 0 aliphatic heterocycles. The maximum Gasteiger partial charge on any atom is 0.165 e. The van der Waals surface area contributed by atoms with Crippen LogP contribution in [0, 0.1) is 5.41 Å². The molecule has 0 unspecified atom stereocenters. The molecule has 0 bridgehead atoms. The summed E-state index contributed by atoms with van der Waals surface area (Å²) in [4.78, 5) is 13.6. The van der Waals surface area contributed by atoms with Crippen LogP contribution in [0.5, 0.6) is 0 Å². The van der Waals surface area contributed by atoms with Gasteiger partial charge in [0.15, 0.2) is 5.78 Å². The first-order valence-electron chi connectivity index (χ1n) is 4.35. The highest BCUT2D eigenvalue weighted by molar-refractivity contribution is 6.01. The molecule has 0 heterocycles. The summed E-state index contributed by atoms with van der Waals surface area (Å²) >= 11 is 0. The van der Waals surface area contributed by atoms with Crippen LogP contribution in [0.15, 0.2) is 11.8 Å². The average Bonchev–Trinajstić information content (AvgIpc) is 2.15. The molecule has 0 aromatic rings. The van der Waals surface area contributed by atoms with Gasteiger partial charge in [0.2, 0.25) is 0 Å². The lowest BCUT2D eigenvalue weighted by Crippen LogP contribution is -2.18. The monoisotopic (exact) mass is 167 g/mol. The lowest BCUT2D eigenvalue weighted by molar-refractivity contribution is -0.121. The molecule has 1 saturated carbocycles. The van der Waals surface area contributed by atoms with E-state index in [1.165, 1.54) is 0 Å². The lowest BCUT2D eigenvalue weighted by atomic mass is 9.90. The van der Waals surface area contributed by atoms with Crippen molar-refractivity contribution in [1.29, 1.82) is 0 Å².